The summed E-state index contributed by atoms with van der Waals surface area (Å²) in [5, 5.41) is 2.19. The Morgan fingerprint density at radius 2 is 1.74 bits per heavy atom. The third-order valence-corrected chi connectivity index (χ3v) is 5.53. The maximum absolute atomic E-state index is 13.7. The van der Waals surface area contributed by atoms with E-state index in [1.54, 1.807) is 18.2 Å². The largest absolute Gasteiger partial charge is 0.467 e. The summed E-state index contributed by atoms with van der Waals surface area (Å²) in [7, 11) is -2.64. The van der Waals surface area contributed by atoms with Gasteiger partial charge in [0, 0.05) is 0 Å². The maximum atomic E-state index is 13.7. The smallest absolute Gasteiger partial charge is 0.328 e. The van der Waals surface area contributed by atoms with Gasteiger partial charge in [-0.15, -0.1) is 0 Å². The fourth-order valence-electron chi connectivity index (χ4n) is 2.33. The van der Waals surface area contributed by atoms with Gasteiger partial charge in [0.15, 0.2) is 21.5 Å². The first-order chi connectivity index (χ1) is 12.8. The van der Waals surface area contributed by atoms with Crippen LogP contribution >= 0.6 is 0 Å². The van der Waals surface area contributed by atoms with Gasteiger partial charge in [-0.2, -0.15) is 0 Å². The van der Waals surface area contributed by atoms with Crippen molar-refractivity contribution in [1.29, 1.82) is 0 Å². The molecule has 1 N–H and O–H groups in total. The summed E-state index contributed by atoms with van der Waals surface area (Å²) in [5.74, 6) is -5.00. The van der Waals surface area contributed by atoms with Gasteiger partial charge < -0.3 is 10.1 Å². The zero-order chi connectivity index (χ0) is 20.0. The molecule has 0 saturated carbocycles. The standard InChI is InChI=1S/C18H17F2NO5S/c1-26-18(23)15(10-11-27(24,25)12-6-3-2-4-7-12)21-17(22)13-8-5-9-14(19)16(13)20/h2-9,15H,10-11H2,1H3,(H,21,22)/t15-/m1/s1. The van der Waals surface area contributed by atoms with E-state index < -0.39 is 50.7 Å². The summed E-state index contributed by atoms with van der Waals surface area (Å²) in [6.45, 7) is 0. The van der Waals surface area contributed by atoms with Crippen LogP contribution in [0.4, 0.5) is 8.78 Å². The summed E-state index contributed by atoms with van der Waals surface area (Å²) >= 11 is 0. The molecule has 1 atom stereocenters. The molecule has 6 nitrogen and oxygen atoms in total. The number of rotatable bonds is 7. The Kier molecular flexibility index (Phi) is 6.62. The van der Waals surface area contributed by atoms with Crippen molar-refractivity contribution in [1.82, 2.24) is 5.32 Å². The quantitative estimate of drug-likeness (QED) is 0.723. The topological polar surface area (TPSA) is 89.5 Å². The lowest BCUT2D eigenvalue weighted by molar-refractivity contribution is -0.142. The Morgan fingerprint density at radius 3 is 2.37 bits per heavy atom. The van der Waals surface area contributed by atoms with Crippen molar-refractivity contribution in [3.8, 4) is 0 Å². The van der Waals surface area contributed by atoms with Crippen LogP contribution in [-0.4, -0.2) is 39.2 Å². The fraction of sp³-hybridized carbons (Fsp3) is 0.222. The van der Waals surface area contributed by atoms with Gasteiger partial charge in [-0.05, 0) is 30.7 Å². The zero-order valence-electron chi connectivity index (χ0n) is 14.3. The van der Waals surface area contributed by atoms with Gasteiger partial charge in [0.25, 0.3) is 5.91 Å². The van der Waals surface area contributed by atoms with Crippen molar-refractivity contribution in [3.05, 3.63) is 65.7 Å². The highest BCUT2D eigenvalue weighted by Gasteiger charge is 2.27. The number of nitrogens with one attached hydrogen (secondary N) is 1. The summed E-state index contributed by atoms with van der Waals surface area (Å²) in [6.07, 6.45) is -0.299. The van der Waals surface area contributed by atoms with Crippen LogP contribution in [0.1, 0.15) is 16.8 Å². The van der Waals surface area contributed by atoms with Gasteiger partial charge in [-0.3, -0.25) is 4.79 Å². The first-order valence-electron chi connectivity index (χ1n) is 7.87. The van der Waals surface area contributed by atoms with Crippen molar-refractivity contribution >= 4 is 21.7 Å². The van der Waals surface area contributed by atoms with Gasteiger partial charge in [0.2, 0.25) is 0 Å². The summed E-state index contributed by atoms with van der Waals surface area (Å²) < 4.78 is 56.2. The molecule has 0 radical (unpaired) electrons. The normalized spacial score (nSPS) is 12.3. The average molecular weight is 397 g/mol. The van der Waals surface area contributed by atoms with E-state index in [0.29, 0.717) is 0 Å². The van der Waals surface area contributed by atoms with Crippen LogP contribution in [0.3, 0.4) is 0 Å². The first kappa shape index (κ1) is 20.5. The van der Waals surface area contributed by atoms with E-state index in [9.17, 15) is 26.8 Å². The number of carbonyl (C=O) groups is 2. The highest BCUT2D eigenvalue weighted by atomic mass is 32.2. The van der Waals surface area contributed by atoms with Crippen molar-refractivity contribution in [2.75, 3.05) is 12.9 Å². The molecular weight excluding hydrogens is 380 g/mol. The Morgan fingerprint density at radius 1 is 1.07 bits per heavy atom. The van der Waals surface area contributed by atoms with E-state index in [4.69, 9.17) is 0 Å². The molecule has 27 heavy (non-hydrogen) atoms. The lowest BCUT2D eigenvalue weighted by atomic mass is 10.1. The van der Waals surface area contributed by atoms with E-state index in [-0.39, 0.29) is 11.3 Å². The molecule has 0 unspecified atom stereocenters. The molecule has 0 aliphatic carbocycles. The highest BCUT2D eigenvalue weighted by molar-refractivity contribution is 7.91. The fourth-order valence-corrected chi connectivity index (χ4v) is 3.68. The molecule has 0 spiro atoms. The number of benzene rings is 2. The Hall–Kier alpha value is -2.81. The molecule has 0 heterocycles. The number of halogens is 2. The number of hydrogen-bond acceptors (Lipinski definition) is 5. The Bertz CT molecular complexity index is 932. The van der Waals surface area contributed by atoms with Crippen molar-refractivity contribution in [2.45, 2.75) is 17.4 Å². The molecule has 2 aromatic rings. The first-order valence-corrected chi connectivity index (χ1v) is 9.52. The van der Waals surface area contributed by atoms with Crippen molar-refractivity contribution in [3.63, 3.8) is 0 Å². The summed E-state index contributed by atoms with van der Waals surface area (Å²) in [4.78, 5) is 24.1. The van der Waals surface area contributed by atoms with Crippen molar-refractivity contribution < 1.29 is 31.5 Å². The van der Waals surface area contributed by atoms with E-state index in [1.165, 1.54) is 12.1 Å². The molecule has 0 fully saturated rings. The number of methoxy groups -OCH3 is 1. The van der Waals surface area contributed by atoms with Gasteiger partial charge in [-0.1, -0.05) is 24.3 Å². The van der Waals surface area contributed by atoms with Crippen LogP contribution < -0.4 is 5.32 Å². The third kappa shape index (κ3) is 5.10. The molecule has 0 aromatic heterocycles. The van der Waals surface area contributed by atoms with E-state index >= 15 is 0 Å². The molecular formula is C18H17F2NO5S. The van der Waals surface area contributed by atoms with Gasteiger partial charge in [0.05, 0.1) is 23.3 Å². The lowest BCUT2D eigenvalue weighted by Gasteiger charge is -2.17. The number of sulfone groups is 1. The number of hydrogen-bond donors (Lipinski definition) is 1. The zero-order valence-corrected chi connectivity index (χ0v) is 15.1. The predicted octanol–water partition coefficient (Wildman–Crippen LogP) is 2.10. The molecule has 0 bridgehead atoms. The SMILES string of the molecule is COC(=O)[C@@H](CCS(=O)(=O)c1ccccc1)NC(=O)c1cccc(F)c1F. The predicted molar refractivity (Wildman–Crippen MR) is 92.7 cm³/mol. The number of esters is 1. The average Bonchev–Trinajstić information content (AvgIpc) is 2.67. The van der Waals surface area contributed by atoms with Crippen LogP contribution in [0.25, 0.3) is 0 Å². The summed E-state index contributed by atoms with van der Waals surface area (Å²) in [5.41, 5.74) is -0.602. The van der Waals surface area contributed by atoms with E-state index in [2.05, 4.69) is 10.1 Å². The molecule has 2 aromatic carbocycles. The molecule has 144 valence electrons. The molecule has 2 rings (SSSR count). The Labute approximate surface area is 155 Å². The minimum absolute atomic E-state index is 0.0658. The highest BCUT2D eigenvalue weighted by Crippen LogP contribution is 2.14. The summed E-state index contributed by atoms with van der Waals surface area (Å²) in [6, 6.07) is 9.26. The molecule has 9 heteroatoms. The lowest BCUT2D eigenvalue weighted by Crippen LogP contribution is -2.43. The molecule has 0 aliphatic rings. The van der Waals surface area contributed by atoms with Crippen LogP contribution in [0.5, 0.6) is 0 Å². The number of ether oxygens (including phenoxy) is 1. The Balaban J connectivity index is 2.15. The second kappa shape index (κ2) is 8.72. The molecule has 1 amide bonds. The second-order valence-electron chi connectivity index (χ2n) is 5.57. The van der Waals surface area contributed by atoms with E-state index in [0.717, 1.165) is 25.3 Å². The van der Waals surface area contributed by atoms with Crippen molar-refractivity contribution in [2.24, 2.45) is 0 Å². The number of carbonyl (C=O) groups excluding carboxylic acids is 2. The minimum atomic E-state index is -3.71. The monoisotopic (exact) mass is 397 g/mol. The van der Waals surface area contributed by atoms with Crippen LogP contribution in [-0.2, 0) is 19.4 Å². The van der Waals surface area contributed by atoms with Crippen LogP contribution in [0.2, 0.25) is 0 Å². The third-order valence-electron chi connectivity index (χ3n) is 3.76. The van der Waals surface area contributed by atoms with Crippen LogP contribution in [0, 0.1) is 11.6 Å². The van der Waals surface area contributed by atoms with Gasteiger partial charge in [-0.25, -0.2) is 22.0 Å². The number of amides is 1. The van der Waals surface area contributed by atoms with Crippen LogP contribution in [0.15, 0.2) is 53.4 Å². The molecule has 0 aliphatic heterocycles. The second-order valence-corrected chi connectivity index (χ2v) is 7.68. The van der Waals surface area contributed by atoms with Gasteiger partial charge in [0.1, 0.15) is 6.04 Å². The van der Waals surface area contributed by atoms with Gasteiger partial charge >= 0.3 is 5.97 Å². The minimum Gasteiger partial charge on any atom is -0.467 e. The molecule has 0 saturated heterocycles. The maximum Gasteiger partial charge on any atom is 0.328 e. The van der Waals surface area contributed by atoms with E-state index in [1.807, 2.05) is 0 Å².